The summed E-state index contributed by atoms with van der Waals surface area (Å²) < 4.78 is 33.5. The van der Waals surface area contributed by atoms with Gasteiger partial charge in [0.1, 0.15) is 5.75 Å². The predicted molar refractivity (Wildman–Crippen MR) is 126 cm³/mol. The van der Waals surface area contributed by atoms with Gasteiger partial charge in [-0.25, -0.2) is 8.42 Å². The lowest BCUT2D eigenvalue weighted by Crippen LogP contribution is -2.26. The van der Waals surface area contributed by atoms with Gasteiger partial charge in [-0.1, -0.05) is 34.1 Å². The molecule has 0 radical (unpaired) electrons. The summed E-state index contributed by atoms with van der Waals surface area (Å²) in [5.74, 6) is 0.336. The first-order valence-corrected chi connectivity index (χ1v) is 11.8. The van der Waals surface area contributed by atoms with Crippen LogP contribution in [0.25, 0.3) is 0 Å². The molecular weight excluding hydrogens is 480 g/mol. The van der Waals surface area contributed by atoms with Gasteiger partial charge < -0.3 is 10.1 Å². The van der Waals surface area contributed by atoms with Gasteiger partial charge >= 0.3 is 0 Å². The maximum Gasteiger partial charge on any atom is 0.264 e. The van der Waals surface area contributed by atoms with Crippen LogP contribution in [0.5, 0.6) is 5.75 Å². The number of amides is 1. The Hall–Kier alpha value is -2.84. The van der Waals surface area contributed by atoms with Gasteiger partial charge in [0.2, 0.25) is 0 Å². The highest BCUT2D eigenvalue weighted by Crippen LogP contribution is 2.27. The van der Waals surface area contributed by atoms with Gasteiger partial charge in [-0.3, -0.25) is 9.10 Å². The molecule has 3 aromatic carbocycles. The molecule has 1 amide bonds. The number of ether oxygens (including phenoxy) is 1. The second kappa shape index (κ2) is 9.53. The quantitative estimate of drug-likeness (QED) is 0.497. The summed E-state index contributed by atoms with van der Waals surface area (Å²) >= 11 is 3.43. The SMILES string of the molecule is Cc1cc(Br)cc(C)c1OCC(=O)Nc1ccc(S(=O)(=O)N(C)c2ccccc2)cc1. The van der Waals surface area contributed by atoms with E-state index in [-0.39, 0.29) is 17.4 Å². The first kappa shape index (κ1) is 22.8. The van der Waals surface area contributed by atoms with Crippen molar-refractivity contribution in [2.75, 3.05) is 23.3 Å². The van der Waals surface area contributed by atoms with E-state index in [4.69, 9.17) is 4.74 Å². The minimum Gasteiger partial charge on any atom is -0.483 e. The fourth-order valence-corrected chi connectivity index (χ4v) is 4.99. The summed E-state index contributed by atoms with van der Waals surface area (Å²) in [6.45, 7) is 3.67. The fraction of sp³-hybridized carbons (Fsp3) is 0.174. The zero-order valence-electron chi connectivity index (χ0n) is 17.4. The largest absolute Gasteiger partial charge is 0.483 e. The van der Waals surface area contributed by atoms with E-state index in [2.05, 4.69) is 21.2 Å². The number of carbonyl (C=O) groups is 1. The van der Waals surface area contributed by atoms with Crippen molar-refractivity contribution >= 4 is 43.2 Å². The van der Waals surface area contributed by atoms with Gasteiger partial charge in [0.25, 0.3) is 15.9 Å². The van der Waals surface area contributed by atoms with E-state index in [1.807, 2.05) is 32.0 Å². The van der Waals surface area contributed by atoms with Crippen molar-refractivity contribution in [3.05, 3.63) is 82.3 Å². The number of nitrogens with zero attached hydrogens (tertiary/aromatic N) is 1. The summed E-state index contributed by atoms with van der Waals surface area (Å²) in [6, 6.07) is 18.7. The van der Waals surface area contributed by atoms with Crippen LogP contribution in [0, 0.1) is 13.8 Å². The maximum atomic E-state index is 12.8. The molecule has 8 heteroatoms. The van der Waals surface area contributed by atoms with Crippen molar-refractivity contribution in [3.63, 3.8) is 0 Å². The number of nitrogens with one attached hydrogen (secondary N) is 1. The van der Waals surface area contributed by atoms with Crippen LogP contribution in [0.15, 0.2) is 76.1 Å². The number of hydrogen-bond acceptors (Lipinski definition) is 4. The Kier molecular flexibility index (Phi) is 7.02. The molecule has 3 aromatic rings. The zero-order chi connectivity index (χ0) is 22.6. The Labute approximate surface area is 191 Å². The van der Waals surface area contributed by atoms with Gasteiger partial charge in [-0.15, -0.1) is 0 Å². The molecule has 1 N–H and O–H groups in total. The first-order chi connectivity index (χ1) is 14.7. The standard InChI is InChI=1S/C23H23BrN2O4S/c1-16-13-18(24)14-17(2)23(16)30-15-22(27)25-19-9-11-21(12-10-19)31(28,29)26(3)20-7-5-4-6-8-20/h4-14H,15H2,1-3H3,(H,25,27). The highest BCUT2D eigenvalue weighted by molar-refractivity contribution is 9.10. The average Bonchev–Trinajstić information content (AvgIpc) is 2.73. The lowest BCUT2D eigenvalue weighted by Gasteiger charge is -2.19. The Morgan fingerprint density at radius 3 is 2.16 bits per heavy atom. The molecule has 0 saturated carbocycles. The van der Waals surface area contributed by atoms with E-state index >= 15 is 0 Å². The van der Waals surface area contributed by atoms with E-state index in [0.29, 0.717) is 17.1 Å². The van der Waals surface area contributed by atoms with Gasteiger partial charge in [0.05, 0.1) is 10.6 Å². The second-order valence-corrected chi connectivity index (χ2v) is 9.92. The van der Waals surface area contributed by atoms with Crippen molar-refractivity contribution in [3.8, 4) is 5.75 Å². The van der Waals surface area contributed by atoms with Crippen molar-refractivity contribution in [2.24, 2.45) is 0 Å². The Balaban J connectivity index is 1.65. The normalized spacial score (nSPS) is 11.1. The van der Waals surface area contributed by atoms with Crippen LogP contribution in [0.4, 0.5) is 11.4 Å². The van der Waals surface area contributed by atoms with E-state index in [0.717, 1.165) is 15.6 Å². The lowest BCUT2D eigenvalue weighted by atomic mass is 10.1. The Morgan fingerprint density at radius 2 is 1.58 bits per heavy atom. The predicted octanol–water partition coefficient (Wildman–Crippen LogP) is 4.91. The molecule has 31 heavy (non-hydrogen) atoms. The number of benzene rings is 3. The molecule has 0 spiro atoms. The molecule has 0 saturated heterocycles. The second-order valence-electron chi connectivity index (χ2n) is 7.04. The number of rotatable bonds is 7. The van der Waals surface area contributed by atoms with Crippen LogP contribution < -0.4 is 14.4 Å². The number of carbonyl (C=O) groups excluding carboxylic acids is 1. The van der Waals surface area contributed by atoms with E-state index < -0.39 is 10.0 Å². The minimum atomic E-state index is -3.70. The van der Waals surface area contributed by atoms with E-state index in [1.54, 1.807) is 36.4 Å². The lowest BCUT2D eigenvalue weighted by molar-refractivity contribution is -0.118. The molecule has 0 bridgehead atoms. The van der Waals surface area contributed by atoms with Gasteiger partial charge in [0, 0.05) is 17.2 Å². The van der Waals surface area contributed by atoms with Gasteiger partial charge in [-0.05, 0) is 73.5 Å². The molecule has 6 nitrogen and oxygen atoms in total. The molecule has 0 fully saturated rings. The number of sulfonamides is 1. The molecule has 0 heterocycles. The number of para-hydroxylation sites is 1. The van der Waals surface area contributed by atoms with Gasteiger partial charge in [-0.2, -0.15) is 0 Å². The number of anilines is 2. The summed E-state index contributed by atoms with van der Waals surface area (Å²) in [4.78, 5) is 12.4. The van der Waals surface area contributed by atoms with E-state index in [9.17, 15) is 13.2 Å². The number of hydrogen-bond donors (Lipinski definition) is 1. The summed E-state index contributed by atoms with van der Waals surface area (Å²) in [5.41, 5.74) is 2.91. The van der Waals surface area contributed by atoms with Gasteiger partial charge in [0.15, 0.2) is 6.61 Å². The third-order valence-corrected chi connectivity index (χ3v) is 6.95. The molecule has 0 aromatic heterocycles. The highest BCUT2D eigenvalue weighted by Gasteiger charge is 2.21. The molecule has 0 aliphatic rings. The van der Waals surface area contributed by atoms with Crippen molar-refractivity contribution in [1.29, 1.82) is 0 Å². The average molecular weight is 503 g/mol. The van der Waals surface area contributed by atoms with Crippen molar-refractivity contribution in [2.45, 2.75) is 18.7 Å². The van der Waals surface area contributed by atoms with E-state index in [1.165, 1.54) is 23.5 Å². The van der Waals surface area contributed by atoms with Crippen LogP contribution >= 0.6 is 15.9 Å². The monoisotopic (exact) mass is 502 g/mol. The third-order valence-electron chi connectivity index (χ3n) is 4.69. The van der Waals surface area contributed by atoms with Crippen LogP contribution in [0.3, 0.4) is 0 Å². The van der Waals surface area contributed by atoms with Crippen LogP contribution in [-0.2, 0) is 14.8 Å². The Bertz CT molecular complexity index is 1160. The molecule has 0 aliphatic carbocycles. The molecular formula is C23H23BrN2O4S. The number of halogens is 1. The zero-order valence-corrected chi connectivity index (χ0v) is 19.8. The van der Waals surface area contributed by atoms with Crippen molar-refractivity contribution in [1.82, 2.24) is 0 Å². The van der Waals surface area contributed by atoms with Crippen LogP contribution in [0.1, 0.15) is 11.1 Å². The maximum absolute atomic E-state index is 12.8. The molecule has 162 valence electrons. The summed E-state index contributed by atoms with van der Waals surface area (Å²) in [5, 5.41) is 2.72. The topological polar surface area (TPSA) is 75.7 Å². The molecule has 3 rings (SSSR count). The van der Waals surface area contributed by atoms with Crippen LogP contribution in [0.2, 0.25) is 0 Å². The Morgan fingerprint density at radius 1 is 1.00 bits per heavy atom. The smallest absolute Gasteiger partial charge is 0.264 e. The molecule has 0 unspecified atom stereocenters. The van der Waals surface area contributed by atoms with Crippen LogP contribution in [-0.4, -0.2) is 28.0 Å². The summed E-state index contributed by atoms with van der Waals surface area (Å²) in [7, 11) is -2.20. The molecule has 0 aliphatic heterocycles. The van der Waals surface area contributed by atoms with Crippen molar-refractivity contribution < 1.29 is 17.9 Å². The number of aryl methyl sites for hydroxylation is 2. The minimum absolute atomic E-state index is 0.134. The third kappa shape index (κ3) is 5.45. The highest BCUT2D eigenvalue weighted by atomic mass is 79.9. The summed E-state index contributed by atoms with van der Waals surface area (Å²) in [6.07, 6.45) is 0. The fourth-order valence-electron chi connectivity index (χ4n) is 3.10. The molecule has 0 atom stereocenters. The first-order valence-electron chi connectivity index (χ1n) is 9.52.